The van der Waals surface area contributed by atoms with Crippen molar-refractivity contribution in [1.29, 1.82) is 0 Å². The number of nitrogens with zero attached hydrogens (tertiary/aromatic N) is 2. The number of aromatic nitrogens is 1. The summed E-state index contributed by atoms with van der Waals surface area (Å²) in [5.74, 6) is 0.366. The van der Waals surface area contributed by atoms with Crippen LogP contribution in [0.1, 0.15) is 23.2 Å². The number of aryl methyl sites for hydroxylation is 1. The molecule has 1 atom stereocenters. The number of nitrogens with one attached hydrogen (secondary N) is 1. The van der Waals surface area contributed by atoms with Crippen molar-refractivity contribution in [3.63, 3.8) is 0 Å². The number of thiophene rings is 1. The largest absolute Gasteiger partial charge is 0.441 e. The number of benzene rings is 1. The summed E-state index contributed by atoms with van der Waals surface area (Å²) in [4.78, 5) is 19.6. The SMILES string of the molecule is CN(C)C(CNC(=O)CCc1ncc(-c2ccccc2F)o1)c1cccs1. The highest BCUT2D eigenvalue weighted by atomic mass is 32.1. The van der Waals surface area contributed by atoms with Crippen LogP contribution >= 0.6 is 11.3 Å². The van der Waals surface area contributed by atoms with Crippen LogP contribution in [0.3, 0.4) is 0 Å². The monoisotopic (exact) mass is 387 g/mol. The lowest BCUT2D eigenvalue weighted by molar-refractivity contribution is -0.121. The van der Waals surface area contributed by atoms with E-state index in [0.29, 0.717) is 30.2 Å². The fourth-order valence-electron chi connectivity index (χ4n) is 2.75. The number of oxazole rings is 1. The molecule has 0 radical (unpaired) electrons. The number of rotatable bonds is 8. The average Bonchev–Trinajstić information content (AvgIpc) is 3.32. The van der Waals surface area contributed by atoms with E-state index in [2.05, 4.69) is 21.3 Å². The standard InChI is InChI=1S/C20H22FN3O2S/c1-24(2)16(18-8-5-11-27-18)12-22-19(25)9-10-20-23-13-17(26-20)14-6-3-4-7-15(14)21/h3-8,11,13,16H,9-10,12H2,1-2H3,(H,22,25). The van der Waals surface area contributed by atoms with E-state index in [0.717, 1.165) is 0 Å². The molecule has 0 saturated carbocycles. The Morgan fingerprint density at radius 2 is 2.11 bits per heavy atom. The lowest BCUT2D eigenvalue weighted by Gasteiger charge is -2.23. The predicted molar refractivity (Wildman–Crippen MR) is 104 cm³/mol. The van der Waals surface area contributed by atoms with Crippen LogP contribution in [0.15, 0.2) is 52.4 Å². The van der Waals surface area contributed by atoms with Crippen molar-refractivity contribution in [3.8, 4) is 11.3 Å². The van der Waals surface area contributed by atoms with Gasteiger partial charge < -0.3 is 14.6 Å². The third-order valence-corrected chi connectivity index (χ3v) is 5.22. The zero-order chi connectivity index (χ0) is 19.2. The fraction of sp³-hybridized carbons (Fsp3) is 0.300. The molecule has 3 aromatic rings. The van der Waals surface area contributed by atoms with Crippen molar-refractivity contribution < 1.29 is 13.6 Å². The quantitative estimate of drug-likeness (QED) is 0.637. The number of halogens is 1. The Balaban J connectivity index is 1.52. The van der Waals surface area contributed by atoms with E-state index < -0.39 is 0 Å². The zero-order valence-electron chi connectivity index (χ0n) is 15.3. The Labute approximate surface area is 161 Å². The molecule has 142 valence electrons. The van der Waals surface area contributed by atoms with Crippen LogP contribution in [-0.4, -0.2) is 36.4 Å². The molecule has 0 aliphatic heterocycles. The summed E-state index contributed by atoms with van der Waals surface area (Å²) in [6.07, 6.45) is 2.12. The summed E-state index contributed by atoms with van der Waals surface area (Å²) in [5, 5.41) is 5.00. The Morgan fingerprint density at radius 3 is 2.81 bits per heavy atom. The van der Waals surface area contributed by atoms with Crippen molar-refractivity contribution in [2.24, 2.45) is 0 Å². The highest BCUT2D eigenvalue weighted by Gasteiger charge is 2.17. The first-order valence-electron chi connectivity index (χ1n) is 8.70. The van der Waals surface area contributed by atoms with Gasteiger partial charge in [0.25, 0.3) is 0 Å². The highest BCUT2D eigenvalue weighted by Crippen LogP contribution is 2.24. The molecule has 0 spiro atoms. The minimum Gasteiger partial charge on any atom is -0.441 e. The van der Waals surface area contributed by atoms with Gasteiger partial charge in [0.05, 0.1) is 17.8 Å². The summed E-state index contributed by atoms with van der Waals surface area (Å²) in [6.45, 7) is 0.540. The van der Waals surface area contributed by atoms with Crippen molar-refractivity contribution in [3.05, 3.63) is 64.6 Å². The van der Waals surface area contributed by atoms with Crippen LogP contribution in [-0.2, 0) is 11.2 Å². The molecule has 1 unspecified atom stereocenters. The maximum absolute atomic E-state index is 13.8. The van der Waals surface area contributed by atoms with Gasteiger partial charge in [0, 0.05) is 24.3 Å². The van der Waals surface area contributed by atoms with Crippen molar-refractivity contribution in [2.45, 2.75) is 18.9 Å². The Kier molecular flexibility index (Phi) is 6.36. The molecule has 2 heterocycles. The molecule has 0 bridgehead atoms. The van der Waals surface area contributed by atoms with Crippen molar-refractivity contribution in [1.82, 2.24) is 15.2 Å². The second-order valence-corrected chi connectivity index (χ2v) is 7.38. The molecular formula is C20H22FN3O2S. The van der Waals surface area contributed by atoms with Gasteiger partial charge in [0.2, 0.25) is 5.91 Å². The Hall–Kier alpha value is -2.51. The maximum atomic E-state index is 13.8. The van der Waals surface area contributed by atoms with E-state index in [1.807, 2.05) is 25.5 Å². The van der Waals surface area contributed by atoms with E-state index in [4.69, 9.17) is 4.42 Å². The third kappa shape index (κ3) is 5.02. The molecule has 0 aliphatic rings. The van der Waals surface area contributed by atoms with E-state index in [-0.39, 0.29) is 24.2 Å². The topological polar surface area (TPSA) is 58.4 Å². The number of hydrogen-bond donors (Lipinski definition) is 1. The molecule has 2 aromatic heterocycles. The summed E-state index contributed by atoms with van der Waals surface area (Å²) >= 11 is 1.67. The Morgan fingerprint density at radius 1 is 1.30 bits per heavy atom. The van der Waals surface area contributed by atoms with Gasteiger partial charge in [-0.3, -0.25) is 4.79 Å². The third-order valence-electron chi connectivity index (χ3n) is 4.25. The van der Waals surface area contributed by atoms with Gasteiger partial charge >= 0.3 is 0 Å². The van der Waals surface area contributed by atoms with Crippen LogP contribution in [0, 0.1) is 5.82 Å². The normalized spacial score (nSPS) is 12.3. The van der Waals surface area contributed by atoms with Crippen molar-refractivity contribution >= 4 is 17.2 Å². The van der Waals surface area contributed by atoms with Crippen LogP contribution in [0.4, 0.5) is 4.39 Å². The van der Waals surface area contributed by atoms with Crippen LogP contribution in [0.5, 0.6) is 0 Å². The number of amides is 1. The first-order valence-corrected chi connectivity index (χ1v) is 9.58. The molecule has 1 N–H and O–H groups in total. The lowest BCUT2D eigenvalue weighted by Crippen LogP contribution is -2.34. The van der Waals surface area contributed by atoms with Gasteiger partial charge in [-0.25, -0.2) is 9.37 Å². The maximum Gasteiger partial charge on any atom is 0.220 e. The smallest absolute Gasteiger partial charge is 0.220 e. The molecule has 0 saturated heterocycles. The minimum atomic E-state index is -0.360. The van der Waals surface area contributed by atoms with E-state index >= 15 is 0 Å². The minimum absolute atomic E-state index is 0.0657. The second-order valence-electron chi connectivity index (χ2n) is 6.40. The molecule has 3 rings (SSSR count). The van der Waals surface area contributed by atoms with Gasteiger partial charge in [-0.05, 0) is 37.7 Å². The summed E-state index contributed by atoms with van der Waals surface area (Å²) < 4.78 is 19.4. The number of hydrogen-bond acceptors (Lipinski definition) is 5. The Bertz CT molecular complexity index is 877. The molecule has 5 nitrogen and oxygen atoms in total. The highest BCUT2D eigenvalue weighted by molar-refractivity contribution is 7.10. The molecular weight excluding hydrogens is 365 g/mol. The predicted octanol–water partition coefficient (Wildman–Crippen LogP) is 3.89. The first kappa shape index (κ1) is 19.3. The van der Waals surface area contributed by atoms with Gasteiger partial charge in [-0.1, -0.05) is 18.2 Å². The molecule has 1 amide bonds. The first-order chi connectivity index (χ1) is 13.0. The van der Waals surface area contributed by atoms with E-state index in [9.17, 15) is 9.18 Å². The number of carbonyl (C=O) groups excluding carboxylic acids is 1. The fourth-order valence-corrected chi connectivity index (χ4v) is 3.67. The number of likely N-dealkylation sites (N-methyl/N-ethyl adjacent to an activating group) is 1. The van der Waals surface area contributed by atoms with Crippen LogP contribution in [0.2, 0.25) is 0 Å². The molecule has 0 aliphatic carbocycles. The summed E-state index contributed by atoms with van der Waals surface area (Å²) in [6, 6.07) is 10.6. The van der Waals surface area contributed by atoms with Crippen LogP contribution < -0.4 is 5.32 Å². The molecule has 7 heteroatoms. The van der Waals surface area contributed by atoms with Crippen LogP contribution in [0.25, 0.3) is 11.3 Å². The molecule has 0 fully saturated rings. The average molecular weight is 387 g/mol. The van der Waals surface area contributed by atoms with Gasteiger partial charge in [0.15, 0.2) is 11.7 Å². The zero-order valence-corrected chi connectivity index (χ0v) is 16.1. The van der Waals surface area contributed by atoms with E-state index in [1.54, 1.807) is 29.5 Å². The molecule has 27 heavy (non-hydrogen) atoms. The lowest BCUT2D eigenvalue weighted by atomic mass is 10.2. The number of carbonyl (C=O) groups is 1. The van der Waals surface area contributed by atoms with E-state index in [1.165, 1.54) is 17.1 Å². The molecule has 1 aromatic carbocycles. The van der Waals surface area contributed by atoms with Gasteiger partial charge in [-0.15, -0.1) is 11.3 Å². The summed E-state index contributed by atoms with van der Waals surface area (Å²) in [7, 11) is 3.99. The van der Waals surface area contributed by atoms with Gasteiger partial charge in [0.1, 0.15) is 5.82 Å². The van der Waals surface area contributed by atoms with Gasteiger partial charge in [-0.2, -0.15) is 0 Å². The van der Waals surface area contributed by atoms with Crippen molar-refractivity contribution in [2.75, 3.05) is 20.6 Å². The second kappa shape index (κ2) is 8.92. The summed E-state index contributed by atoms with van der Waals surface area (Å²) in [5.41, 5.74) is 0.366.